The minimum absolute atomic E-state index is 0.124. The maximum absolute atomic E-state index is 6.18. The van der Waals surface area contributed by atoms with Crippen molar-refractivity contribution in [2.45, 2.75) is 25.4 Å². The van der Waals surface area contributed by atoms with Crippen molar-refractivity contribution in [3.05, 3.63) is 43.2 Å². The van der Waals surface area contributed by atoms with Crippen molar-refractivity contribution < 1.29 is 0 Å². The van der Waals surface area contributed by atoms with E-state index in [1.165, 1.54) is 13.5 Å². The third-order valence-electron chi connectivity index (χ3n) is 3.15. The standard InChI is InChI=1S/C14H19BrN2S2/c1-10(16)14(12-5-6-13(15)19-12)17(2)8-7-11-4-3-9-18-11/h3-6,9-10,14H,7-8,16H2,1-2H3. The Balaban J connectivity index is 2.02. The predicted molar refractivity (Wildman–Crippen MR) is 89.1 cm³/mol. The number of nitrogens with zero attached hydrogens (tertiary/aromatic N) is 1. The summed E-state index contributed by atoms with van der Waals surface area (Å²) in [6, 6.07) is 8.99. The molecule has 0 aliphatic carbocycles. The molecule has 0 bridgehead atoms. The second-order valence-electron chi connectivity index (χ2n) is 4.76. The molecule has 19 heavy (non-hydrogen) atoms. The van der Waals surface area contributed by atoms with E-state index in [-0.39, 0.29) is 12.1 Å². The molecule has 0 fully saturated rings. The van der Waals surface area contributed by atoms with Crippen LogP contribution in [0.25, 0.3) is 0 Å². The van der Waals surface area contributed by atoms with Crippen molar-refractivity contribution in [2.75, 3.05) is 13.6 Å². The lowest BCUT2D eigenvalue weighted by atomic mass is 10.1. The number of hydrogen-bond acceptors (Lipinski definition) is 4. The quantitative estimate of drug-likeness (QED) is 0.840. The zero-order chi connectivity index (χ0) is 13.8. The van der Waals surface area contributed by atoms with Crippen molar-refractivity contribution in [3.8, 4) is 0 Å². The molecule has 2 aromatic heterocycles. The monoisotopic (exact) mass is 358 g/mol. The lowest BCUT2D eigenvalue weighted by Crippen LogP contribution is -2.37. The number of rotatable bonds is 6. The van der Waals surface area contributed by atoms with E-state index in [2.05, 4.69) is 64.4 Å². The fraction of sp³-hybridized carbons (Fsp3) is 0.429. The Labute approximate surface area is 131 Å². The van der Waals surface area contributed by atoms with Crippen LogP contribution in [0.15, 0.2) is 33.4 Å². The Morgan fingerprint density at radius 3 is 2.68 bits per heavy atom. The Morgan fingerprint density at radius 2 is 2.16 bits per heavy atom. The van der Waals surface area contributed by atoms with Crippen LogP contribution in [0, 0.1) is 0 Å². The van der Waals surface area contributed by atoms with Crippen LogP contribution in [0.1, 0.15) is 22.7 Å². The van der Waals surface area contributed by atoms with Gasteiger partial charge < -0.3 is 5.73 Å². The van der Waals surface area contributed by atoms with Crippen LogP contribution in [0.2, 0.25) is 0 Å². The highest BCUT2D eigenvalue weighted by atomic mass is 79.9. The number of likely N-dealkylation sites (N-methyl/N-ethyl adjacent to an activating group) is 1. The molecule has 0 saturated heterocycles. The second-order valence-corrected chi connectivity index (χ2v) is 8.28. The molecule has 2 N–H and O–H groups in total. The summed E-state index contributed by atoms with van der Waals surface area (Å²) in [6.45, 7) is 3.11. The molecule has 104 valence electrons. The fourth-order valence-electron chi connectivity index (χ4n) is 2.25. The molecule has 0 aliphatic heterocycles. The highest BCUT2D eigenvalue weighted by Crippen LogP contribution is 2.31. The number of hydrogen-bond donors (Lipinski definition) is 1. The summed E-state index contributed by atoms with van der Waals surface area (Å²) in [5, 5.41) is 2.13. The van der Waals surface area contributed by atoms with Crippen LogP contribution in [0.4, 0.5) is 0 Å². The van der Waals surface area contributed by atoms with E-state index in [9.17, 15) is 0 Å². The third kappa shape index (κ3) is 4.13. The predicted octanol–water partition coefficient (Wildman–Crippen LogP) is 4.13. The van der Waals surface area contributed by atoms with Crippen molar-refractivity contribution in [3.63, 3.8) is 0 Å². The van der Waals surface area contributed by atoms with Gasteiger partial charge in [-0.1, -0.05) is 6.07 Å². The van der Waals surface area contributed by atoms with Crippen molar-refractivity contribution in [1.82, 2.24) is 4.90 Å². The van der Waals surface area contributed by atoms with Crippen LogP contribution in [-0.2, 0) is 6.42 Å². The van der Waals surface area contributed by atoms with Gasteiger partial charge in [-0.3, -0.25) is 4.90 Å². The van der Waals surface area contributed by atoms with Crippen molar-refractivity contribution in [1.29, 1.82) is 0 Å². The van der Waals surface area contributed by atoms with Crippen molar-refractivity contribution in [2.24, 2.45) is 5.73 Å². The van der Waals surface area contributed by atoms with Gasteiger partial charge in [-0.2, -0.15) is 0 Å². The van der Waals surface area contributed by atoms with Crippen LogP contribution < -0.4 is 5.73 Å². The first-order valence-corrected chi connectivity index (χ1v) is 8.80. The van der Waals surface area contributed by atoms with Crippen LogP contribution in [0.5, 0.6) is 0 Å². The molecule has 0 amide bonds. The molecular formula is C14H19BrN2S2. The van der Waals surface area contributed by atoms with E-state index in [0.29, 0.717) is 0 Å². The zero-order valence-corrected chi connectivity index (χ0v) is 14.4. The maximum atomic E-state index is 6.18. The van der Waals surface area contributed by atoms with Gasteiger partial charge in [0.1, 0.15) is 0 Å². The number of thiophene rings is 2. The molecule has 2 heterocycles. The minimum Gasteiger partial charge on any atom is -0.326 e. The van der Waals surface area contributed by atoms with E-state index >= 15 is 0 Å². The Hall–Kier alpha value is -0.200. The highest BCUT2D eigenvalue weighted by Gasteiger charge is 2.22. The Bertz CT molecular complexity index is 493. The van der Waals surface area contributed by atoms with Gasteiger partial charge in [-0.05, 0) is 59.9 Å². The van der Waals surface area contributed by atoms with Gasteiger partial charge in [0, 0.05) is 22.3 Å². The van der Waals surface area contributed by atoms with Crippen LogP contribution >= 0.6 is 38.6 Å². The molecule has 2 atom stereocenters. The Morgan fingerprint density at radius 1 is 1.37 bits per heavy atom. The second kappa shape index (κ2) is 6.99. The normalized spacial score (nSPS) is 14.8. The molecule has 0 saturated carbocycles. The lowest BCUT2D eigenvalue weighted by Gasteiger charge is -2.30. The van der Waals surface area contributed by atoms with E-state index in [4.69, 9.17) is 5.73 Å². The van der Waals surface area contributed by atoms with Gasteiger partial charge in [0.25, 0.3) is 0 Å². The van der Waals surface area contributed by atoms with Crippen molar-refractivity contribution >= 4 is 38.6 Å². The topological polar surface area (TPSA) is 29.3 Å². The first-order chi connectivity index (χ1) is 9.08. The van der Waals surface area contributed by atoms with Gasteiger partial charge in [0.05, 0.1) is 9.83 Å². The SMILES string of the molecule is CC(N)C(c1ccc(Br)s1)N(C)CCc1cccs1. The average Bonchev–Trinajstić information content (AvgIpc) is 2.98. The summed E-state index contributed by atoms with van der Waals surface area (Å²) in [7, 11) is 2.16. The highest BCUT2D eigenvalue weighted by molar-refractivity contribution is 9.11. The molecule has 0 spiro atoms. The summed E-state index contributed by atoms with van der Waals surface area (Å²) in [6.07, 6.45) is 1.09. The molecule has 2 rings (SSSR count). The van der Waals surface area contributed by atoms with Gasteiger partial charge >= 0.3 is 0 Å². The summed E-state index contributed by atoms with van der Waals surface area (Å²) in [4.78, 5) is 5.13. The van der Waals surface area contributed by atoms with Gasteiger partial charge in [-0.25, -0.2) is 0 Å². The largest absolute Gasteiger partial charge is 0.326 e. The molecule has 2 nitrogen and oxygen atoms in total. The number of nitrogens with two attached hydrogens (primary N) is 1. The van der Waals surface area contributed by atoms with E-state index in [1.807, 2.05) is 11.3 Å². The smallest absolute Gasteiger partial charge is 0.0702 e. The summed E-state index contributed by atoms with van der Waals surface area (Å²) in [5.74, 6) is 0. The van der Waals surface area contributed by atoms with Crippen LogP contribution in [-0.4, -0.2) is 24.5 Å². The van der Waals surface area contributed by atoms with Gasteiger partial charge in [0.2, 0.25) is 0 Å². The average molecular weight is 359 g/mol. The first kappa shape index (κ1) is 15.2. The number of halogens is 1. The van der Waals surface area contributed by atoms with E-state index in [1.54, 1.807) is 11.3 Å². The molecule has 0 aliphatic rings. The minimum atomic E-state index is 0.124. The fourth-order valence-corrected chi connectivity index (χ4v) is 4.65. The van der Waals surface area contributed by atoms with Gasteiger partial charge in [0.15, 0.2) is 0 Å². The zero-order valence-electron chi connectivity index (χ0n) is 11.2. The Kier molecular flexibility index (Phi) is 5.59. The maximum Gasteiger partial charge on any atom is 0.0702 e. The van der Waals surface area contributed by atoms with E-state index in [0.717, 1.165) is 13.0 Å². The summed E-state index contributed by atoms with van der Waals surface area (Å²) < 4.78 is 1.17. The molecule has 0 radical (unpaired) electrons. The summed E-state index contributed by atoms with van der Waals surface area (Å²) in [5.41, 5.74) is 6.18. The molecule has 5 heteroatoms. The third-order valence-corrected chi connectivity index (χ3v) is 5.78. The molecular weight excluding hydrogens is 340 g/mol. The molecule has 2 aromatic rings. The summed E-state index contributed by atoms with van der Waals surface area (Å²) >= 11 is 7.13. The van der Waals surface area contributed by atoms with E-state index < -0.39 is 0 Å². The van der Waals surface area contributed by atoms with Crippen LogP contribution in [0.3, 0.4) is 0 Å². The molecule has 2 unspecified atom stereocenters. The molecule has 0 aromatic carbocycles. The first-order valence-electron chi connectivity index (χ1n) is 6.31. The lowest BCUT2D eigenvalue weighted by molar-refractivity contribution is 0.225. The van der Waals surface area contributed by atoms with Gasteiger partial charge in [-0.15, -0.1) is 22.7 Å².